The molecule has 0 aliphatic heterocycles. The van der Waals surface area contributed by atoms with E-state index < -0.39 is 6.04 Å². The van der Waals surface area contributed by atoms with E-state index in [1.165, 1.54) is 19.3 Å². The quantitative estimate of drug-likeness (QED) is 0.517. The monoisotopic (exact) mass is 269 g/mol. The van der Waals surface area contributed by atoms with Gasteiger partial charge in [0, 0.05) is 5.92 Å². The Morgan fingerprint density at radius 2 is 1.89 bits per heavy atom. The molecule has 110 valence electrons. The van der Waals surface area contributed by atoms with Crippen LogP contribution < -0.4 is 5.32 Å². The lowest BCUT2D eigenvalue weighted by Gasteiger charge is -2.25. The molecule has 0 saturated heterocycles. The van der Waals surface area contributed by atoms with Gasteiger partial charge < -0.3 is 10.1 Å². The van der Waals surface area contributed by atoms with Gasteiger partial charge in [0.1, 0.15) is 6.04 Å². The van der Waals surface area contributed by atoms with E-state index in [4.69, 9.17) is 4.74 Å². The fourth-order valence-electron chi connectivity index (χ4n) is 2.06. The van der Waals surface area contributed by atoms with Crippen LogP contribution >= 0.6 is 0 Å². The van der Waals surface area contributed by atoms with Crippen LogP contribution in [0.25, 0.3) is 0 Å². The summed E-state index contributed by atoms with van der Waals surface area (Å²) in [5, 5.41) is 2.73. The van der Waals surface area contributed by atoms with E-state index in [-0.39, 0.29) is 17.8 Å². The molecular weight excluding hydrogens is 242 g/mol. The number of carbonyl (C=O) groups is 2. The fraction of sp³-hybridized carbons (Fsp3) is 0.867. The summed E-state index contributed by atoms with van der Waals surface area (Å²) in [6.45, 7) is 4.33. The van der Waals surface area contributed by atoms with Crippen molar-refractivity contribution in [3.05, 3.63) is 0 Å². The number of amides is 1. The number of esters is 1. The van der Waals surface area contributed by atoms with Gasteiger partial charge in [0.25, 0.3) is 0 Å². The SMILES string of the molecule is CCCCCCCOC(=O)[C@H](C)NC(=O)C1CCC1. The van der Waals surface area contributed by atoms with Crippen molar-refractivity contribution in [3.8, 4) is 0 Å². The van der Waals surface area contributed by atoms with Crippen LogP contribution in [-0.2, 0) is 14.3 Å². The van der Waals surface area contributed by atoms with Crippen molar-refractivity contribution < 1.29 is 14.3 Å². The second-order valence-corrected chi connectivity index (χ2v) is 5.44. The number of ether oxygens (including phenoxy) is 1. The molecule has 0 aromatic rings. The lowest BCUT2D eigenvalue weighted by atomic mass is 9.84. The van der Waals surface area contributed by atoms with Crippen LogP contribution in [0.15, 0.2) is 0 Å². The summed E-state index contributed by atoms with van der Waals surface area (Å²) in [6, 6.07) is -0.524. The molecule has 1 aliphatic rings. The van der Waals surface area contributed by atoms with Gasteiger partial charge in [-0.05, 0) is 26.2 Å². The Balaban J connectivity index is 2.05. The third kappa shape index (κ3) is 6.08. The first-order valence-corrected chi connectivity index (χ1v) is 7.62. The number of nitrogens with one attached hydrogen (secondary N) is 1. The predicted molar refractivity (Wildman–Crippen MR) is 74.7 cm³/mol. The van der Waals surface area contributed by atoms with Crippen LogP contribution in [0.2, 0.25) is 0 Å². The zero-order valence-electron chi connectivity index (χ0n) is 12.2. The van der Waals surface area contributed by atoms with E-state index >= 15 is 0 Å². The van der Waals surface area contributed by atoms with Crippen molar-refractivity contribution in [2.24, 2.45) is 5.92 Å². The van der Waals surface area contributed by atoms with Gasteiger partial charge in [-0.2, -0.15) is 0 Å². The molecule has 4 heteroatoms. The van der Waals surface area contributed by atoms with Gasteiger partial charge in [-0.25, -0.2) is 4.79 Å². The minimum atomic E-state index is -0.524. The van der Waals surface area contributed by atoms with E-state index in [0.717, 1.165) is 32.1 Å². The Morgan fingerprint density at radius 3 is 2.47 bits per heavy atom. The maximum absolute atomic E-state index is 11.7. The first kappa shape index (κ1) is 16.0. The maximum atomic E-state index is 11.7. The molecular formula is C15H27NO3. The first-order valence-electron chi connectivity index (χ1n) is 7.62. The molecule has 1 rings (SSSR count). The third-order valence-corrected chi connectivity index (χ3v) is 3.68. The van der Waals surface area contributed by atoms with E-state index in [1.807, 2.05) is 0 Å². The molecule has 4 nitrogen and oxygen atoms in total. The van der Waals surface area contributed by atoms with E-state index in [0.29, 0.717) is 6.61 Å². The smallest absolute Gasteiger partial charge is 0.328 e. The molecule has 0 spiro atoms. The van der Waals surface area contributed by atoms with Crippen LogP contribution in [0.4, 0.5) is 0 Å². The first-order chi connectivity index (χ1) is 9.15. The van der Waals surface area contributed by atoms with Crippen molar-refractivity contribution in [3.63, 3.8) is 0 Å². The summed E-state index contributed by atoms with van der Waals surface area (Å²) in [6.07, 6.45) is 8.68. The van der Waals surface area contributed by atoms with Crippen LogP contribution in [0, 0.1) is 5.92 Å². The minimum absolute atomic E-state index is 0.00125. The largest absolute Gasteiger partial charge is 0.464 e. The van der Waals surface area contributed by atoms with Gasteiger partial charge in [0.05, 0.1) is 6.61 Å². The molecule has 19 heavy (non-hydrogen) atoms. The molecule has 1 fully saturated rings. The normalized spacial score (nSPS) is 16.5. The Morgan fingerprint density at radius 1 is 1.21 bits per heavy atom. The summed E-state index contributed by atoms with van der Waals surface area (Å²) in [5.41, 5.74) is 0. The molecule has 0 aromatic carbocycles. The second-order valence-electron chi connectivity index (χ2n) is 5.44. The number of carbonyl (C=O) groups excluding carboxylic acids is 2. The van der Waals surface area contributed by atoms with Gasteiger partial charge in [0.15, 0.2) is 0 Å². The maximum Gasteiger partial charge on any atom is 0.328 e. The van der Waals surface area contributed by atoms with Crippen molar-refractivity contribution in [1.29, 1.82) is 0 Å². The van der Waals surface area contributed by atoms with E-state index in [2.05, 4.69) is 12.2 Å². The summed E-state index contributed by atoms with van der Waals surface area (Å²) in [5.74, 6) is -0.203. The molecule has 0 aromatic heterocycles. The average Bonchev–Trinajstić information content (AvgIpc) is 2.30. The highest BCUT2D eigenvalue weighted by Crippen LogP contribution is 2.26. The zero-order chi connectivity index (χ0) is 14.1. The van der Waals surface area contributed by atoms with Gasteiger partial charge in [0.2, 0.25) is 5.91 Å². The number of hydrogen-bond acceptors (Lipinski definition) is 3. The Hall–Kier alpha value is -1.06. The van der Waals surface area contributed by atoms with Crippen LogP contribution in [0.1, 0.15) is 65.2 Å². The highest BCUT2D eigenvalue weighted by Gasteiger charge is 2.27. The predicted octanol–water partition coefficient (Wildman–Crippen LogP) is 2.80. The average molecular weight is 269 g/mol. The highest BCUT2D eigenvalue weighted by atomic mass is 16.5. The lowest BCUT2D eigenvalue weighted by molar-refractivity contribution is -0.148. The summed E-state index contributed by atoms with van der Waals surface area (Å²) < 4.78 is 5.16. The van der Waals surface area contributed by atoms with Gasteiger partial charge in [-0.15, -0.1) is 0 Å². The van der Waals surface area contributed by atoms with Gasteiger partial charge >= 0.3 is 5.97 Å². The lowest BCUT2D eigenvalue weighted by Crippen LogP contribution is -2.44. The van der Waals surface area contributed by atoms with Gasteiger partial charge in [-0.3, -0.25) is 4.79 Å². The summed E-state index contributed by atoms with van der Waals surface area (Å²) in [7, 11) is 0. The molecule has 1 amide bonds. The van der Waals surface area contributed by atoms with E-state index in [9.17, 15) is 9.59 Å². The Kier molecular flexibility index (Phi) is 7.53. The van der Waals surface area contributed by atoms with Crippen molar-refractivity contribution in [1.82, 2.24) is 5.32 Å². The molecule has 1 aliphatic carbocycles. The molecule has 0 bridgehead atoms. The fourth-order valence-corrected chi connectivity index (χ4v) is 2.06. The second kappa shape index (κ2) is 8.94. The van der Waals surface area contributed by atoms with Crippen LogP contribution in [0.5, 0.6) is 0 Å². The third-order valence-electron chi connectivity index (χ3n) is 3.68. The molecule has 1 atom stereocenters. The molecule has 0 unspecified atom stereocenters. The zero-order valence-corrected chi connectivity index (χ0v) is 12.2. The number of hydrogen-bond donors (Lipinski definition) is 1. The minimum Gasteiger partial charge on any atom is -0.464 e. The molecule has 0 heterocycles. The molecule has 0 radical (unpaired) electrons. The van der Waals surface area contributed by atoms with Crippen molar-refractivity contribution in [2.45, 2.75) is 71.3 Å². The Bertz CT molecular complexity index is 287. The topological polar surface area (TPSA) is 55.4 Å². The van der Waals surface area contributed by atoms with Gasteiger partial charge in [-0.1, -0.05) is 39.0 Å². The Labute approximate surface area is 116 Å². The molecule has 1 saturated carbocycles. The van der Waals surface area contributed by atoms with E-state index in [1.54, 1.807) is 6.92 Å². The standard InChI is InChI=1S/C15H27NO3/c1-3-4-5-6-7-11-19-15(18)12(2)16-14(17)13-9-8-10-13/h12-13H,3-11H2,1-2H3,(H,16,17)/t12-/m0/s1. The highest BCUT2D eigenvalue weighted by molar-refractivity contribution is 5.85. The van der Waals surface area contributed by atoms with Crippen molar-refractivity contribution in [2.75, 3.05) is 6.61 Å². The van der Waals surface area contributed by atoms with Crippen LogP contribution in [0.3, 0.4) is 0 Å². The van der Waals surface area contributed by atoms with Crippen LogP contribution in [-0.4, -0.2) is 24.5 Å². The van der Waals surface area contributed by atoms with Crippen molar-refractivity contribution >= 4 is 11.9 Å². The number of unbranched alkanes of at least 4 members (excludes halogenated alkanes) is 4. The summed E-state index contributed by atoms with van der Waals surface area (Å²) >= 11 is 0. The number of rotatable bonds is 9. The summed E-state index contributed by atoms with van der Waals surface area (Å²) in [4.78, 5) is 23.3. The molecule has 1 N–H and O–H groups in total.